The maximum Gasteiger partial charge on any atom is 0.146 e. The SMILES string of the molecule is C=CC/C(C=O)=C(\CC=C)C(CC(C(=C)C)=C(C)C)OC. The monoisotopic (exact) mass is 288 g/mol. The first-order chi connectivity index (χ1) is 9.92. The van der Waals surface area contributed by atoms with Gasteiger partial charge in [-0.1, -0.05) is 29.9 Å². The van der Waals surface area contributed by atoms with E-state index in [-0.39, 0.29) is 6.10 Å². The summed E-state index contributed by atoms with van der Waals surface area (Å²) in [6.07, 6.45) is 6.18. The molecule has 1 unspecified atom stereocenters. The Morgan fingerprint density at radius 3 is 2.05 bits per heavy atom. The summed E-state index contributed by atoms with van der Waals surface area (Å²) in [4.78, 5) is 11.4. The van der Waals surface area contributed by atoms with Crippen LogP contribution in [0.3, 0.4) is 0 Å². The second-order valence-electron chi connectivity index (χ2n) is 5.34. The largest absolute Gasteiger partial charge is 0.377 e. The molecule has 0 aliphatic heterocycles. The molecule has 0 heterocycles. The third-order valence-electron chi connectivity index (χ3n) is 3.46. The van der Waals surface area contributed by atoms with E-state index < -0.39 is 0 Å². The van der Waals surface area contributed by atoms with Crippen molar-refractivity contribution >= 4 is 6.29 Å². The van der Waals surface area contributed by atoms with E-state index in [4.69, 9.17) is 4.74 Å². The highest BCUT2D eigenvalue weighted by Crippen LogP contribution is 2.27. The van der Waals surface area contributed by atoms with Crippen LogP contribution in [0.15, 0.2) is 59.8 Å². The van der Waals surface area contributed by atoms with Crippen molar-refractivity contribution in [3.8, 4) is 0 Å². The van der Waals surface area contributed by atoms with Gasteiger partial charge in [-0.15, -0.1) is 13.2 Å². The summed E-state index contributed by atoms with van der Waals surface area (Å²) in [5.41, 5.74) is 5.14. The Morgan fingerprint density at radius 2 is 1.71 bits per heavy atom. The number of carbonyl (C=O) groups is 1. The van der Waals surface area contributed by atoms with Crippen LogP contribution in [-0.2, 0) is 9.53 Å². The Kier molecular flexibility index (Phi) is 9.31. The lowest BCUT2D eigenvalue weighted by Gasteiger charge is -2.23. The van der Waals surface area contributed by atoms with Gasteiger partial charge in [0.1, 0.15) is 6.29 Å². The molecular formula is C19H28O2. The predicted octanol–water partition coefficient (Wildman–Crippen LogP) is 4.95. The standard InChI is InChI=1S/C19H28O2/c1-8-10-16(13-20)17(11-9-2)19(21-7)12-18(14(3)4)15(5)6/h8-9,13,19H,1-3,10-12H2,4-7H3/b17-16-. The van der Waals surface area contributed by atoms with Gasteiger partial charge in [0.2, 0.25) is 0 Å². The predicted molar refractivity (Wildman–Crippen MR) is 91.3 cm³/mol. The number of hydrogen-bond acceptors (Lipinski definition) is 2. The topological polar surface area (TPSA) is 26.3 Å². The molecule has 0 aromatic heterocycles. The molecule has 0 fully saturated rings. The molecule has 0 rings (SSSR count). The van der Waals surface area contributed by atoms with Gasteiger partial charge in [0.25, 0.3) is 0 Å². The molecule has 0 aromatic carbocycles. The molecule has 116 valence electrons. The highest BCUT2D eigenvalue weighted by molar-refractivity contribution is 5.75. The number of methoxy groups -OCH3 is 1. The zero-order valence-corrected chi connectivity index (χ0v) is 13.9. The van der Waals surface area contributed by atoms with Crippen molar-refractivity contribution in [2.45, 2.75) is 46.1 Å². The van der Waals surface area contributed by atoms with Crippen LogP contribution in [0.25, 0.3) is 0 Å². The fourth-order valence-corrected chi connectivity index (χ4v) is 2.37. The molecule has 0 aliphatic carbocycles. The molecule has 0 saturated heterocycles. The minimum absolute atomic E-state index is 0.148. The second-order valence-corrected chi connectivity index (χ2v) is 5.34. The smallest absolute Gasteiger partial charge is 0.146 e. The van der Waals surface area contributed by atoms with E-state index >= 15 is 0 Å². The van der Waals surface area contributed by atoms with Gasteiger partial charge in [-0.2, -0.15) is 0 Å². The number of hydrogen-bond donors (Lipinski definition) is 0. The maximum absolute atomic E-state index is 11.4. The zero-order valence-electron chi connectivity index (χ0n) is 13.9. The average molecular weight is 288 g/mol. The molecule has 2 heteroatoms. The Bertz CT molecular complexity index is 460. The van der Waals surface area contributed by atoms with Crippen LogP contribution < -0.4 is 0 Å². The maximum atomic E-state index is 11.4. The summed E-state index contributed by atoms with van der Waals surface area (Å²) >= 11 is 0. The third-order valence-corrected chi connectivity index (χ3v) is 3.46. The minimum Gasteiger partial charge on any atom is -0.377 e. The molecule has 0 amide bonds. The van der Waals surface area contributed by atoms with Gasteiger partial charge in [0.05, 0.1) is 6.10 Å². The first-order valence-corrected chi connectivity index (χ1v) is 7.16. The lowest BCUT2D eigenvalue weighted by molar-refractivity contribution is -0.105. The van der Waals surface area contributed by atoms with E-state index in [2.05, 4.69) is 33.6 Å². The molecular weight excluding hydrogens is 260 g/mol. The summed E-state index contributed by atoms with van der Waals surface area (Å²) in [6, 6.07) is 0. The highest BCUT2D eigenvalue weighted by Gasteiger charge is 2.19. The van der Waals surface area contributed by atoms with Crippen molar-refractivity contribution in [3.63, 3.8) is 0 Å². The molecule has 1 atom stereocenters. The number of carbonyl (C=O) groups excluding carboxylic acids is 1. The Morgan fingerprint density at radius 1 is 1.14 bits per heavy atom. The van der Waals surface area contributed by atoms with E-state index in [1.165, 1.54) is 11.1 Å². The van der Waals surface area contributed by atoms with Crippen LogP contribution in [0, 0.1) is 0 Å². The summed E-state index contributed by atoms with van der Waals surface area (Å²) in [6.45, 7) is 17.7. The quantitative estimate of drug-likeness (QED) is 0.246. The molecule has 0 N–H and O–H groups in total. The van der Waals surface area contributed by atoms with E-state index in [0.717, 1.165) is 23.0 Å². The van der Waals surface area contributed by atoms with Crippen molar-refractivity contribution in [2.75, 3.05) is 7.11 Å². The number of allylic oxidation sites excluding steroid dienone is 5. The van der Waals surface area contributed by atoms with Gasteiger partial charge in [0.15, 0.2) is 0 Å². The lowest BCUT2D eigenvalue weighted by Crippen LogP contribution is -2.18. The van der Waals surface area contributed by atoms with E-state index in [0.29, 0.717) is 19.3 Å². The van der Waals surface area contributed by atoms with Crippen molar-refractivity contribution in [1.29, 1.82) is 0 Å². The molecule has 0 bridgehead atoms. The van der Waals surface area contributed by atoms with Crippen LogP contribution in [0.1, 0.15) is 40.0 Å². The third kappa shape index (κ3) is 6.09. The van der Waals surface area contributed by atoms with Crippen molar-refractivity contribution in [1.82, 2.24) is 0 Å². The molecule has 0 spiro atoms. The molecule has 0 aromatic rings. The summed E-state index contributed by atoms with van der Waals surface area (Å²) < 4.78 is 5.65. The van der Waals surface area contributed by atoms with Crippen molar-refractivity contribution in [2.24, 2.45) is 0 Å². The van der Waals surface area contributed by atoms with Crippen LogP contribution in [0.2, 0.25) is 0 Å². The molecule has 21 heavy (non-hydrogen) atoms. The second kappa shape index (κ2) is 10.1. The Balaban J connectivity index is 5.68. The normalized spacial score (nSPS) is 13.0. The lowest BCUT2D eigenvalue weighted by atomic mass is 9.90. The van der Waals surface area contributed by atoms with Crippen molar-refractivity contribution in [3.05, 3.63) is 59.8 Å². The first-order valence-electron chi connectivity index (χ1n) is 7.16. The Labute approximate surface area is 129 Å². The molecule has 2 nitrogen and oxygen atoms in total. The first kappa shape index (κ1) is 19.3. The van der Waals surface area contributed by atoms with Crippen LogP contribution in [0.5, 0.6) is 0 Å². The van der Waals surface area contributed by atoms with Gasteiger partial charge in [-0.3, -0.25) is 4.79 Å². The summed E-state index contributed by atoms with van der Waals surface area (Å²) in [5.74, 6) is 0. The van der Waals surface area contributed by atoms with Gasteiger partial charge in [-0.05, 0) is 50.3 Å². The number of aldehydes is 1. The fourth-order valence-electron chi connectivity index (χ4n) is 2.37. The van der Waals surface area contributed by atoms with Gasteiger partial charge in [-0.25, -0.2) is 0 Å². The molecule has 0 aliphatic rings. The van der Waals surface area contributed by atoms with E-state index in [1.54, 1.807) is 19.3 Å². The van der Waals surface area contributed by atoms with Gasteiger partial charge >= 0.3 is 0 Å². The summed E-state index contributed by atoms with van der Waals surface area (Å²) in [5, 5.41) is 0. The highest BCUT2D eigenvalue weighted by atomic mass is 16.5. The minimum atomic E-state index is -0.148. The number of ether oxygens (including phenoxy) is 1. The van der Waals surface area contributed by atoms with Gasteiger partial charge in [0, 0.05) is 13.5 Å². The van der Waals surface area contributed by atoms with E-state index in [1.807, 2.05) is 6.92 Å². The van der Waals surface area contributed by atoms with Crippen molar-refractivity contribution < 1.29 is 9.53 Å². The van der Waals surface area contributed by atoms with Crippen LogP contribution in [0.4, 0.5) is 0 Å². The molecule has 0 radical (unpaired) electrons. The number of rotatable bonds is 10. The fraction of sp³-hybridized carbons (Fsp3) is 0.421. The van der Waals surface area contributed by atoms with Crippen LogP contribution >= 0.6 is 0 Å². The summed E-state index contributed by atoms with van der Waals surface area (Å²) in [7, 11) is 1.67. The average Bonchev–Trinajstić information content (AvgIpc) is 2.43. The molecule has 0 saturated carbocycles. The Hall–Kier alpha value is -1.67. The zero-order chi connectivity index (χ0) is 16.4. The van der Waals surface area contributed by atoms with Gasteiger partial charge < -0.3 is 4.74 Å². The van der Waals surface area contributed by atoms with Crippen LogP contribution in [-0.4, -0.2) is 19.5 Å². The van der Waals surface area contributed by atoms with E-state index in [9.17, 15) is 4.79 Å².